The van der Waals surface area contributed by atoms with Gasteiger partial charge < -0.3 is 4.42 Å². The number of rotatable bonds is 1. The first kappa shape index (κ1) is 13.8. The molecular weight excluding hydrogens is 360 g/mol. The summed E-state index contributed by atoms with van der Waals surface area (Å²) >= 11 is 3.71. The van der Waals surface area contributed by atoms with Gasteiger partial charge >= 0.3 is 0 Å². The summed E-state index contributed by atoms with van der Waals surface area (Å²) in [5.74, 6) is 0. The van der Waals surface area contributed by atoms with Crippen LogP contribution in [0.2, 0.25) is 0 Å². The lowest BCUT2D eigenvalue weighted by Crippen LogP contribution is -1.78. The van der Waals surface area contributed by atoms with Crippen molar-refractivity contribution in [3.63, 3.8) is 0 Å². The molecule has 0 atom stereocenters. The van der Waals surface area contributed by atoms with Crippen LogP contribution < -0.4 is 0 Å². The highest BCUT2D eigenvalue weighted by molar-refractivity contribution is 9.10. The van der Waals surface area contributed by atoms with Crippen molar-refractivity contribution in [2.75, 3.05) is 0 Å². The molecule has 0 spiro atoms. The molecule has 0 bridgehead atoms. The third-order valence-corrected chi connectivity index (χ3v) is 5.20. The van der Waals surface area contributed by atoms with Gasteiger partial charge in [0.05, 0.1) is 0 Å². The van der Waals surface area contributed by atoms with Gasteiger partial charge in [0.15, 0.2) is 0 Å². The molecule has 0 aliphatic carbocycles. The van der Waals surface area contributed by atoms with Crippen LogP contribution >= 0.6 is 15.9 Å². The lowest BCUT2D eigenvalue weighted by atomic mass is 10.00. The fourth-order valence-corrected chi connectivity index (χ4v) is 4.05. The quantitative estimate of drug-likeness (QED) is 0.304. The number of furan rings is 1. The Hall–Kier alpha value is -2.58. The van der Waals surface area contributed by atoms with Gasteiger partial charge in [0, 0.05) is 26.2 Å². The fourth-order valence-electron chi connectivity index (χ4n) is 3.47. The number of fused-ring (bicyclic) bond motifs is 5. The SMILES string of the molecule is Brc1cccc2ccc3oc4c(-c5ccccc5)cccc4c3c12. The van der Waals surface area contributed by atoms with Crippen molar-refractivity contribution in [2.24, 2.45) is 0 Å². The average Bonchev–Trinajstić information content (AvgIpc) is 3.01. The minimum atomic E-state index is 0.924. The van der Waals surface area contributed by atoms with Gasteiger partial charge in [-0.15, -0.1) is 0 Å². The van der Waals surface area contributed by atoms with E-state index in [9.17, 15) is 0 Å². The van der Waals surface area contributed by atoms with Gasteiger partial charge in [0.25, 0.3) is 0 Å². The Kier molecular flexibility index (Phi) is 3.00. The predicted molar refractivity (Wildman–Crippen MR) is 104 cm³/mol. The first-order valence-electron chi connectivity index (χ1n) is 7.91. The highest BCUT2D eigenvalue weighted by Gasteiger charge is 2.15. The maximum atomic E-state index is 6.28. The fraction of sp³-hybridized carbons (Fsp3) is 0. The summed E-state index contributed by atoms with van der Waals surface area (Å²) in [5, 5.41) is 4.75. The Balaban J connectivity index is 1.98. The van der Waals surface area contributed by atoms with E-state index in [0.717, 1.165) is 26.6 Å². The Morgan fingerprint density at radius 2 is 1.50 bits per heavy atom. The summed E-state index contributed by atoms with van der Waals surface area (Å²) in [6.07, 6.45) is 0. The zero-order chi connectivity index (χ0) is 16.1. The number of benzene rings is 4. The third-order valence-electron chi connectivity index (χ3n) is 4.54. The molecular formula is C22H13BrO. The maximum absolute atomic E-state index is 6.28. The summed E-state index contributed by atoms with van der Waals surface area (Å²) in [6, 6.07) is 27.2. The molecule has 0 aliphatic heterocycles. The maximum Gasteiger partial charge on any atom is 0.143 e. The molecule has 5 rings (SSSR count). The molecule has 0 amide bonds. The van der Waals surface area contributed by atoms with E-state index in [2.05, 4.69) is 88.7 Å². The lowest BCUT2D eigenvalue weighted by Gasteiger charge is -2.03. The minimum Gasteiger partial charge on any atom is -0.455 e. The van der Waals surface area contributed by atoms with E-state index < -0.39 is 0 Å². The molecule has 0 N–H and O–H groups in total. The molecule has 0 aliphatic rings. The molecule has 0 radical (unpaired) electrons. The van der Waals surface area contributed by atoms with E-state index in [4.69, 9.17) is 4.42 Å². The van der Waals surface area contributed by atoms with Gasteiger partial charge in [-0.3, -0.25) is 0 Å². The van der Waals surface area contributed by atoms with Gasteiger partial charge in [0.2, 0.25) is 0 Å². The minimum absolute atomic E-state index is 0.924. The number of hydrogen-bond acceptors (Lipinski definition) is 1. The van der Waals surface area contributed by atoms with Crippen molar-refractivity contribution in [3.8, 4) is 11.1 Å². The molecule has 1 nitrogen and oxygen atoms in total. The Bertz CT molecular complexity index is 1200. The van der Waals surface area contributed by atoms with Crippen LogP contribution in [0.5, 0.6) is 0 Å². The van der Waals surface area contributed by atoms with Crippen LogP contribution in [-0.2, 0) is 0 Å². The molecule has 2 heteroatoms. The van der Waals surface area contributed by atoms with Crippen LogP contribution in [0.25, 0.3) is 43.8 Å². The molecule has 24 heavy (non-hydrogen) atoms. The second-order valence-electron chi connectivity index (χ2n) is 5.93. The van der Waals surface area contributed by atoms with Crippen molar-refractivity contribution in [3.05, 3.63) is 83.3 Å². The van der Waals surface area contributed by atoms with Crippen LogP contribution in [0.1, 0.15) is 0 Å². The van der Waals surface area contributed by atoms with Gasteiger partial charge in [-0.05, 0) is 23.1 Å². The smallest absolute Gasteiger partial charge is 0.143 e. The first-order chi connectivity index (χ1) is 11.8. The summed E-state index contributed by atoms with van der Waals surface area (Å²) in [7, 11) is 0. The molecule has 0 saturated heterocycles. The van der Waals surface area contributed by atoms with E-state index >= 15 is 0 Å². The summed E-state index contributed by atoms with van der Waals surface area (Å²) in [6.45, 7) is 0. The van der Waals surface area contributed by atoms with Crippen LogP contribution in [0, 0.1) is 0 Å². The van der Waals surface area contributed by atoms with E-state index in [1.54, 1.807) is 0 Å². The van der Waals surface area contributed by atoms with E-state index in [-0.39, 0.29) is 0 Å². The first-order valence-corrected chi connectivity index (χ1v) is 8.70. The summed E-state index contributed by atoms with van der Waals surface area (Å²) in [5.41, 5.74) is 4.17. The van der Waals surface area contributed by atoms with Crippen LogP contribution in [-0.4, -0.2) is 0 Å². The summed E-state index contributed by atoms with van der Waals surface area (Å²) < 4.78 is 7.38. The molecule has 1 heterocycles. The van der Waals surface area contributed by atoms with Gasteiger partial charge in [-0.2, -0.15) is 0 Å². The Morgan fingerprint density at radius 1 is 0.667 bits per heavy atom. The van der Waals surface area contributed by atoms with Crippen molar-refractivity contribution in [2.45, 2.75) is 0 Å². The Morgan fingerprint density at radius 3 is 2.38 bits per heavy atom. The topological polar surface area (TPSA) is 13.1 Å². The highest BCUT2D eigenvalue weighted by Crippen LogP contribution is 2.40. The van der Waals surface area contributed by atoms with Crippen LogP contribution in [0.3, 0.4) is 0 Å². The number of hydrogen-bond donors (Lipinski definition) is 0. The average molecular weight is 373 g/mol. The van der Waals surface area contributed by atoms with Crippen molar-refractivity contribution < 1.29 is 4.42 Å². The van der Waals surface area contributed by atoms with Gasteiger partial charge in [-0.25, -0.2) is 0 Å². The molecule has 0 saturated carbocycles. The molecule has 0 fully saturated rings. The van der Waals surface area contributed by atoms with Crippen LogP contribution in [0.4, 0.5) is 0 Å². The monoisotopic (exact) mass is 372 g/mol. The zero-order valence-electron chi connectivity index (χ0n) is 12.8. The van der Waals surface area contributed by atoms with Crippen molar-refractivity contribution in [1.82, 2.24) is 0 Å². The van der Waals surface area contributed by atoms with Gasteiger partial charge in [0.1, 0.15) is 11.2 Å². The number of para-hydroxylation sites is 1. The number of halogens is 1. The Labute approximate surface area is 147 Å². The zero-order valence-corrected chi connectivity index (χ0v) is 14.4. The molecule has 1 aromatic heterocycles. The standard InChI is InChI=1S/C22H13BrO/c23-18-11-4-8-15-12-13-19-21(20(15)18)17-10-5-9-16(22(17)24-19)14-6-2-1-3-7-14/h1-13H. The molecule has 4 aromatic carbocycles. The van der Waals surface area contributed by atoms with Crippen LogP contribution in [0.15, 0.2) is 87.8 Å². The second-order valence-corrected chi connectivity index (χ2v) is 6.78. The predicted octanol–water partition coefficient (Wildman–Crippen LogP) is 7.17. The van der Waals surface area contributed by atoms with E-state index in [1.807, 2.05) is 6.07 Å². The summed E-state index contributed by atoms with van der Waals surface area (Å²) in [4.78, 5) is 0. The largest absolute Gasteiger partial charge is 0.455 e. The normalized spacial score (nSPS) is 11.5. The molecule has 5 aromatic rings. The van der Waals surface area contributed by atoms with E-state index in [1.165, 1.54) is 21.7 Å². The molecule has 0 unspecified atom stereocenters. The third kappa shape index (κ3) is 1.93. The van der Waals surface area contributed by atoms with Gasteiger partial charge in [-0.1, -0.05) is 82.7 Å². The second kappa shape index (κ2) is 5.22. The highest BCUT2D eigenvalue weighted by atomic mass is 79.9. The van der Waals surface area contributed by atoms with E-state index in [0.29, 0.717) is 0 Å². The van der Waals surface area contributed by atoms with Crippen molar-refractivity contribution >= 4 is 48.6 Å². The lowest BCUT2D eigenvalue weighted by molar-refractivity contribution is 0.670. The molecule has 114 valence electrons. The van der Waals surface area contributed by atoms with Crippen molar-refractivity contribution in [1.29, 1.82) is 0 Å².